The van der Waals surface area contributed by atoms with Crippen molar-refractivity contribution in [3.05, 3.63) is 35.6 Å². The highest BCUT2D eigenvalue weighted by Crippen LogP contribution is 2.24. The maximum atomic E-state index is 13.1. The fourth-order valence-corrected chi connectivity index (χ4v) is 3.29. The van der Waals surface area contributed by atoms with Gasteiger partial charge in [0.1, 0.15) is 12.4 Å². The van der Waals surface area contributed by atoms with E-state index in [1.54, 1.807) is 19.1 Å². The molecule has 0 radical (unpaired) electrons. The fourth-order valence-electron chi connectivity index (χ4n) is 3.01. The smallest absolute Gasteiger partial charge is 0.325 e. The highest BCUT2D eigenvalue weighted by atomic mass is 32.1. The van der Waals surface area contributed by atoms with Gasteiger partial charge >= 0.3 is 5.97 Å². The molecule has 0 bridgehead atoms. The fraction of sp³-hybridized carbons (Fsp3) is 0.556. The lowest BCUT2D eigenvalue weighted by Gasteiger charge is -2.36. The lowest BCUT2D eigenvalue weighted by molar-refractivity contribution is -0.141. The molecule has 1 N–H and O–H groups in total. The summed E-state index contributed by atoms with van der Waals surface area (Å²) >= 11 is 5.52. The average Bonchev–Trinajstić information content (AvgIpc) is 2.60. The van der Waals surface area contributed by atoms with Crippen molar-refractivity contribution < 1.29 is 13.9 Å². The van der Waals surface area contributed by atoms with E-state index in [0.717, 1.165) is 18.4 Å². The van der Waals surface area contributed by atoms with E-state index in [1.165, 1.54) is 31.4 Å². The van der Waals surface area contributed by atoms with E-state index < -0.39 is 0 Å². The van der Waals surface area contributed by atoms with Crippen LogP contribution in [0.1, 0.15) is 44.6 Å². The third-order valence-corrected chi connectivity index (χ3v) is 4.61. The molecule has 2 rings (SSSR count). The molecule has 0 heterocycles. The van der Waals surface area contributed by atoms with E-state index in [-0.39, 0.29) is 18.3 Å². The topological polar surface area (TPSA) is 41.6 Å². The van der Waals surface area contributed by atoms with E-state index in [0.29, 0.717) is 24.3 Å². The van der Waals surface area contributed by atoms with Crippen molar-refractivity contribution in [2.75, 3.05) is 13.2 Å². The minimum absolute atomic E-state index is 0.0688. The molecule has 0 aliphatic heterocycles. The van der Waals surface area contributed by atoms with Crippen molar-refractivity contribution in [3.8, 4) is 0 Å². The van der Waals surface area contributed by atoms with Gasteiger partial charge in [0.15, 0.2) is 5.11 Å². The Balaban J connectivity index is 2.02. The predicted octanol–water partition coefficient (Wildman–Crippen LogP) is 3.40. The highest BCUT2D eigenvalue weighted by molar-refractivity contribution is 7.80. The second-order valence-electron chi connectivity index (χ2n) is 6.01. The first kappa shape index (κ1) is 18.6. The zero-order valence-corrected chi connectivity index (χ0v) is 14.9. The molecule has 0 atom stereocenters. The van der Waals surface area contributed by atoms with E-state index in [1.807, 2.05) is 0 Å². The molecule has 24 heavy (non-hydrogen) atoms. The number of benzene rings is 1. The van der Waals surface area contributed by atoms with Crippen molar-refractivity contribution in [2.45, 2.75) is 51.6 Å². The van der Waals surface area contributed by atoms with Crippen LogP contribution in [0.5, 0.6) is 0 Å². The predicted molar refractivity (Wildman–Crippen MR) is 96.0 cm³/mol. The van der Waals surface area contributed by atoms with Crippen LogP contribution < -0.4 is 5.32 Å². The van der Waals surface area contributed by atoms with Crippen LogP contribution in [0, 0.1) is 5.82 Å². The summed E-state index contributed by atoms with van der Waals surface area (Å²) in [6.45, 7) is 2.81. The van der Waals surface area contributed by atoms with Gasteiger partial charge < -0.3 is 15.0 Å². The summed E-state index contributed by atoms with van der Waals surface area (Å²) in [6, 6.07) is 6.83. The summed E-state index contributed by atoms with van der Waals surface area (Å²) in [5.74, 6) is -0.559. The van der Waals surface area contributed by atoms with E-state index >= 15 is 0 Å². The van der Waals surface area contributed by atoms with Gasteiger partial charge in [-0.05, 0) is 49.7 Å². The molecule has 1 saturated carbocycles. The second kappa shape index (κ2) is 9.57. The van der Waals surface area contributed by atoms with Gasteiger partial charge in [-0.1, -0.05) is 31.4 Å². The molecule has 1 aromatic rings. The molecular weight excluding hydrogens is 327 g/mol. The normalized spacial score (nSPS) is 14.9. The van der Waals surface area contributed by atoms with Gasteiger partial charge in [-0.15, -0.1) is 0 Å². The number of hydrogen-bond acceptors (Lipinski definition) is 3. The largest absolute Gasteiger partial charge is 0.465 e. The Morgan fingerprint density at radius 3 is 2.58 bits per heavy atom. The summed E-state index contributed by atoms with van der Waals surface area (Å²) in [6.07, 6.45) is 5.80. The number of carbonyl (C=O) groups is 1. The van der Waals surface area contributed by atoms with Crippen LogP contribution in [0.4, 0.5) is 4.39 Å². The van der Waals surface area contributed by atoms with Crippen LogP contribution in [0.2, 0.25) is 0 Å². The average molecular weight is 352 g/mol. The second-order valence-corrected chi connectivity index (χ2v) is 6.40. The molecule has 1 aliphatic carbocycles. The number of hydrogen-bond donors (Lipinski definition) is 1. The summed E-state index contributed by atoms with van der Waals surface area (Å²) in [4.78, 5) is 13.7. The van der Waals surface area contributed by atoms with Crippen LogP contribution in [0.3, 0.4) is 0 Å². The van der Waals surface area contributed by atoms with Gasteiger partial charge in [0.05, 0.1) is 6.61 Å². The number of ether oxygens (including phenoxy) is 1. The minimum atomic E-state index is -0.315. The maximum absolute atomic E-state index is 13.1. The van der Waals surface area contributed by atoms with Gasteiger partial charge in [-0.2, -0.15) is 0 Å². The molecule has 0 spiro atoms. The van der Waals surface area contributed by atoms with Gasteiger partial charge in [0.25, 0.3) is 0 Å². The van der Waals surface area contributed by atoms with Crippen LogP contribution in [0.15, 0.2) is 24.3 Å². The summed E-state index contributed by atoms with van der Waals surface area (Å²) in [5.41, 5.74) is 1.00. The first-order valence-electron chi connectivity index (χ1n) is 8.54. The Morgan fingerprint density at radius 1 is 1.29 bits per heavy atom. The Morgan fingerprint density at radius 2 is 1.96 bits per heavy atom. The Hall–Kier alpha value is -1.69. The standard InChI is InChI=1S/C18H25FN2O2S/c1-2-23-17(22)12-20-18(24)21(16-6-4-3-5-7-16)13-14-8-10-15(19)11-9-14/h8-11,16H,2-7,12-13H2,1H3,(H,20,24). The molecule has 4 nitrogen and oxygen atoms in total. The van der Waals surface area contributed by atoms with Crippen molar-refractivity contribution in [2.24, 2.45) is 0 Å². The molecule has 0 saturated heterocycles. The quantitative estimate of drug-likeness (QED) is 0.628. The molecule has 0 unspecified atom stereocenters. The third kappa shape index (κ3) is 5.74. The molecule has 1 aromatic carbocycles. The molecule has 0 amide bonds. The molecule has 6 heteroatoms. The van der Waals surface area contributed by atoms with Crippen molar-refractivity contribution in [1.82, 2.24) is 10.2 Å². The van der Waals surface area contributed by atoms with Gasteiger partial charge in [0, 0.05) is 12.6 Å². The van der Waals surface area contributed by atoms with Crippen LogP contribution in [-0.4, -0.2) is 35.2 Å². The monoisotopic (exact) mass is 352 g/mol. The highest BCUT2D eigenvalue weighted by Gasteiger charge is 2.23. The minimum Gasteiger partial charge on any atom is -0.465 e. The van der Waals surface area contributed by atoms with Crippen molar-refractivity contribution in [1.29, 1.82) is 0 Å². The number of nitrogens with one attached hydrogen (secondary N) is 1. The Bertz CT molecular complexity index is 544. The lowest BCUT2D eigenvalue weighted by Crippen LogP contribution is -2.47. The van der Waals surface area contributed by atoms with Crippen molar-refractivity contribution >= 4 is 23.3 Å². The zero-order chi connectivity index (χ0) is 17.4. The van der Waals surface area contributed by atoms with E-state index in [9.17, 15) is 9.18 Å². The summed E-state index contributed by atoms with van der Waals surface area (Å²) in [5, 5.41) is 3.56. The summed E-state index contributed by atoms with van der Waals surface area (Å²) in [7, 11) is 0. The SMILES string of the molecule is CCOC(=O)CNC(=S)N(Cc1ccc(F)cc1)C1CCCCC1. The molecule has 0 aromatic heterocycles. The maximum Gasteiger partial charge on any atom is 0.325 e. The first-order valence-corrected chi connectivity index (χ1v) is 8.95. The molecule has 1 fully saturated rings. The number of esters is 1. The number of nitrogens with zero attached hydrogens (tertiary/aromatic N) is 1. The van der Waals surface area contributed by atoms with Gasteiger partial charge in [-0.25, -0.2) is 4.39 Å². The van der Waals surface area contributed by atoms with Crippen molar-refractivity contribution in [3.63, 3.8) is 0 Å². The molecule has 1 aliphatic rings. The Labute approximate surface area is 148 Å². The van der Waals surface area contributed by atoms with Gasteiger partial charge in [-0.3, -0.25) is 4.79 Å². The summed E-state index contributed by atoms with van der Waals surface area (Å²) < 4.78 is 18.0. The van der Waals surface area contributed by atoms with E-state index in [4.69, 9.17) is 17.0 Å². The van der Waals surface area contributed by atoms with Gasteiger partial charge in [0.2, 0.25) is 0 Å². The third-order valence-electron chi connectivity index (χ3n) is 4.23. The van der Waals surface area contributed by atoms with Crippen LogP contribution in [0.25, 0.3) is 0 Å². The number of halogens is 1. The Kier molecular flexibility index (Phi) is 7.43. The lowest BCUT2D eigenvalue weighted by atomic mass is 9.94. The number of rotatable bonds is 6. The molecular formula is C18H25FN2O2S. The number of carbonyl (C=O) groups excluding carboxylic acids is 1. The zero-order valence-electron chi connectivity index (χ0n) is 14.1. The number of thiocarbonyl (C=S) groups is 1. The first-order chi connectivity index (χ1) is 11.6. The van der Waals surface area contributed by atoms with Crippen LogP contribution in [-0.2, 0) is 16.1 Å². The van der Waals surface area contributed by atoms with E-state index in [2.05, 4.69) is 10.2 Å². The van der Waals surface area contributed by atoms with Crippen LogP contribution >= 0.6 is 12.2 Å². The molecule has 132 valence electrons.